The highest BCUT2D eigenvalue weighted by Crippen LogP contribution is 2.35. The van der Waals surface area contributed by atoms with Gasteiger partial charge < -0.3 is 9.47 Å². The fourth-order valence-corrected chi connectivity index (χ4v) is 2.01. The molecule has 0 bridgehead atoms. The van der Waals surface area contributed by atoms with Gasteiger partial charge in [0.15, 0.2) is 5.54 Å². The summed E-state index contributed by atoms with van der Waals surface area (Å²) in [6.07, 6.45) is 1.96. The van der Waals surface area contributed by atoms with E-state index in [9.17, 15) is 4.79 Å². The van der Waals surface area contributed by atoms with E-state index in [0.29, 0.717) is 12.0 Å². The van der Waals surface area contributed by atoms with Crippen molar-refractivity contribution in [2.45, 2.75) is 12.0 Å². The lowest BCUT2D eigenvalue weighted by atomic mass is 9.89. The van der Waals surface area contributed by atoms with Gasteiger partial charge in [0.1, 0.15) is 5.15 Å². The molecule has 0 amide bonds. The Balaban J connectivity index is 2.53. The highest BCUT2D eigenvalue weighted by Gasteiger charge is 2.46. The SMILES string of the molecule is COC(=O)C1(c2ccc(Cl)nc2OC)CC=NN1. The fourth-order valence-electron chi connectivity index (χ4n) is 1.87. The number of nitrogens with zero attached hydrogens (tertiary/aromatic N) is 2. The van der Waals surface area contributed by atoms with Crippen LogP contribution in [0.1, 0.15) is 12.0 Å². The maximum atomic E-state index is 12.0. The molecule has 18 heavy (non-hydrogen) atoms. The molecule has 1 aromatic rings. The summed E-state index contributed by atoms with van der Waals surface area (Å²) in [7, 11) is 2.78. The number of hydrogen-bond acceptors (Lipinski definition) is 6. The van der Waals surface area contributed by atoms with Gasteiger partial charge in [-0.2, -0.15) is 5.10 Å². The van der Waals surface area contributed by atoms with Crippen LogP contribution in [0, 0.1) is 0 Å². The number of esters is 1. The minimum atomic E-state index is -1.10. The van der Waals surface area contributed by atoms with E-state index in [2.05, 4.69) is 15.5 Å². The Kier molecular flexibility index (Phi) is 3.38. The number of carbonyl (C=O) groups is 1. The van der Waals surface area contributed by atoms with Gasteiger partial charge in [0.2, 0.25) is 5.88 Å². The zero-order chi connectivity index (χ0) is 13.2. The van der Waals surface area contributed by atoms with Crippen molar-refractivity contribution in [3.8, 4) is 5.88 Å². The Labute approximate surface area is 109 Å². The van der Waals surface area contributed by atoms with Crippen LogP contribution >= 0.6 is 11.6 Å². The third-order valence-electron chi connectivity index (χ3n) is 2.76. The number of nitrogens with one attached hydrogen (secondary N) is 1. The van der Waals surface area contributed by atoms with Crippen molar-refractivity contribution in [3.05, 3.63) is 22.8 Å². The van der Waals surface area contributed by atoms with Gasteiger partial charge in [-0.3, -0.25) is 5.43 Å². The van der Waals surface area contributed by atoms with Gasteiger partial charge in [-0.05, 0) is 12.1 Å². The third-order valence-corrected chi connectivity index (χ3v) is 2.97. The topological polar surface area (TPSA) is 72.8 Å². The zero-order valence-corrected chi connectivity index (χ0v) is 10.7. The summed E-state index contributed by atoms with van der Waals surface area (Å²) in [5, 5.41) is 4.17. The second kappa shape index (κ2) is 4.81. The molecule has 0 spiro atoms. The van der Waals surface area contributed by atoms with Crippen LogP contribution in [-0.4, -0.2) is 31.4 Å². The van der Waals surface area contributed by atoms with Crippen molar-refractivity contribution in [2.75, 3.05) is 14.2 Å². The molecule has 7 heteroatoms. The van der Waals surface area contributed by atoms with Crippen LogP contribution in [0.5, 0.6) is 5.88 Å². The molecule has 2 rings (SSSR count). The number of hydrazone groups is 1. The van der Waals surface area contributed by atoms with Crippen molar-refractivity contribution in [1.82, 2.24) is 10.4 Å². The first-order valence-electron chi connectivity index (χ1n) is 5.22. The smallest absolute Gasteiger partial charge is 0.338 e. The number of carbonyl (C=O) groups excluding carboxylic acids is 1. The lowest BCUT2D eigenvalue weighted by molar-refractivity contribution is -0.148. The highest BCUT2D eigenvalue weighted by atomic mass is 35.5. The van der Waals surface area contributed by atoms with Crippen molar-refractivity contribution >= 4 is 23.8 Å². The highest BCUT2D eigenvalue weighted by molar-refractivity contribution is 6.29. The number of pyridine rings is 1. The number of ether oxygens (including phenoxy) is 2. The molecule has 0 saturated carbocycles. The summed E-state index contributed by atoms with van der Waals surface area (Å²) in [5.41, 5.74) is 2.20. The number of hydrogen-bond donors (Lipinski definition) is 1. The summed E-state index contributed by atoms with van der Waals surface area (Å²) >= 11 is 5.80. The average molecular weight is 270 g/mol. The second-order valence-electron chi connectivity index (χ2n) is 3.72. The van der Waals surface area contributed by atoms with Gasteiger partial charge in [0, 0.05) is 12.6 Å². The van der Waals surface area contributed by atoms with Gasteiger partial charge >= 0.3 is 5.97 Å². The Bertz CT molecular complexity index is 496. The Morgan fingerprint density at radius 3 is 2.83 bits per heavy atom. The predicted octanol–water partition coefficient (Wildman–Crippen LogP) is 1.09. The van der Waals surface area contributed by atoms with Crippen LogP contribution in [0.4, 0.5) is 0 Å². The Morgan fingerprint density at radius 1 is 1.50 bits per heavy atom. The summed E-state index contributed by atoms with van der Waals surface area (Å²) < 4.78 is 9.98. The molecule has 0 radical (unpaired) electrons. The van der Waals surface area contributed by atoms with E-state index in [0.717, 1.165) is 0 Å². The molecule has 1 N–H and O–H groups in total. The molecule has 0 aromatic carbocycles. The molecule has 0 aliphatic carbocycles. The first kappa shape index (κ1) is 12.6. The maximum Gasteiger partial charge on any atom is 0.338 e. The number of halogens is 1. The summed E-state index contributed by atoms with van der Waals surface area (Å²) in [5.74, 6) is -0.187. The molecule has 0 saturated heterocycles. The van der Waals surface area contributed by atoms with Crippen LogP contribution in [0.25, 0.3) is 0 Å². The van der Waals surface area contributed by atoms with Crippen LogP contribution < -0.4 is 10.2 Å². The zero-order valence-electron chi connectivity index (χ0n) is 9.94. The van der Waals surface area contributed by atoms with Crippen molar-refractivity contribution in [1.29, 1.82) is 0 Å². The number of rotatable bonds is 3. The fraction of sp³-hybridized carbons (Fsp3) is 0.364. The van der Waals surface area contributed by atoms with Crippen LogP contribution in [0.3, 0.4) is 0 Å². The minimum Gasteiger partial charge on any atom is -0.481 e. The molecule has 96 valence electrons. The van der Waals surface area contributed by atoms with Gasteiger partial charge in [-0.25, -0.2) is 9.78 Å². The van der Waals surface area contributed by atoms with Crippen molar-refractivity contribution < 1.29 is 14.3 Å². The monoisotopic (exact) mass is 269 g/mol. The van der Waals surface area contributed by atoms with Crippen LogP contribution in [0.2, 0.25) is 5.15 Å². The standard InChI is InChI=1S/C11H12ClN3O3/c1-17-9-7(3-4-8(12)14-9)11(10(16)18-2)5-6-13-15-11/h3-4,6,15H,5H2,1-2H3. The normalized spacial score (nSPS) is 21.5. The van der Waals surface area contributed by atoms with E-state index < -0.39 is 11.5 Å². The molecule has 1 aromatic heterocycles. The molecular formula is C11H12ClN3O3. The molecule has 0 fully saturated rings. The Hall–Kier alpha value is -1.82. The van der Waals surface area contributed by atoms with Crippen LogP contribution in [-0.2, 0) is 15.1 Å². The summed E-state index contributed by atoms with van der Waals surface area (Å²) in [6.45, 7) is 0. The van der Waals surface area contributed by atoms with E-state index in [1.165, 1.54) is 14.2 Å². The molecule has 1 aliphatic rings. The maximum absolute atomic E-state index is 12.0. The van der Waals surface area contributed by atoms with Gasteiger partial charge in [-0.15, -0.1) is 0 Å². The van der Waals surface area contributed by atoms with E-state index in [4.69, 9.17) is 21.1 Å². The molecule has 2 heterocycles. The second-order valence-corrected chi connectivity index (χ2v) is 4.10. The predicted molar refractivity (Wildman–Crippen MR) is 65.7 cm³/mol. The Morgan fingerprint density at radius 2 is 2.28 bits per heavy atom. The largest absolute Gasteiger partial charge is 0.481 e. The van der Waals surface area contributed by atoms with E-state index >= 15 is 0 Å². The quantitative estimate of drug-likeness (QED) is 0.657. The minimum absolute atomic E-state index is 0.269. The lowest BCUT2D eigenvalue weighted by Gasteiger charge is -2.26. The van der Waals surface area contributed by atoms with Gasteiger partial charge in [-0.1, -0.05) is 11.6 Å². The van der Waals surface area contributed by atoms with Gasteiger partial charge in [0.05, 0.1) is 19.8 Å². The van der Waals surface area contributed by atoms with E-state index in [1.807, 2.05) is 0 Å². The van der Waals surface area contributed by atoms with Crippen molar-refractivity contribution in [3.63, 3.8) is 0 Å². The summed E-state index contributed by atoms with van der Waals surface area (Å²) in [6, 6.07) is 3.26. The molecular weight excluding hydrogens is 258 g/mol. The molecule has 1 unspecified atom stereocenters. The number of aromatic nitrogens is 1. The molecule has 6 nitrogen and oxygen atoms in total. The van der Waals surface area contributed by atoms with E-state index in [-0.39, 0.29) is 11.0 Å². The van der Waals surface area contributed by atoms with E-state index in [1.54, 1.807) is 18.3 Å². The molecule has 1 atom stereocenters. The van der Waals surface area contributed by atoms with Gasteiger partial charge in [0.25, 0.3) is 0 Å². The van der Waals surface area contributed by atoms with Crippen LogP contribution in [0.15, 0.2) is 17.2 Å². The molecule has 1 aliphatic heterocycles. The lowest BCUT2D eigenvalue weighted by Crippen LogP contribution is -2.45. The first-order valence-corrected chi connectivity index (χ1v) is 5.60. The number of methoxy groups -OCH3 is 2. The van der Waals surface area contributed by atoms with Crippen molar-refractivity contribution in [2.24, 2.45) is 5.10 Å². The average Bonchev–Trinajstić information content (AvgIpc) is 2.88. The summed E-state index contributed by atoms with van der Waals surface area (Å²) in [4.78, 5) is 16.0. The first-order chi connectivity index (χ1) is 8.64. The third kappa shape index (κ3) is 1.88.